The molecule has 3 heteroatoms. The van der Waals surface area contributed by atoms with Gasteiger partial charge in [0.15, 0.2) is 0 Å². The summed E-state index contributed by atoms with van der Waals surface area (Å²) in [6, 6.07) is 6.77. The molecule has 0 aromatic heterocycles. The highest BCUT2D eigenvalue weighted by Crippen LogP contribution is 2.46. The van der Waals surface area contributed by atoms with Gasteiger partial charge >= 0.3 is 0 Å². The van der Waals surface area contributed by atoms with Crippen LogP contribution in [0.1, 0.15) is 25.7 Å². The third-order valence-electron chi connectivity index (χ3n) is 3.60. The van der Waals surface area contributed by atoms with Crippen LogP contribution in [0.4, 0.5) is 11.4 Å². The van der Waals surface area contributed by atoms with Crippen molar-refractivity contribution in [1.82, 2.24) is 0 Å². The van der Waals surface area contributed by atoms with Crippen molar-refractivity contribution in [3.05, 3.63) is 22.7 Å². The number of hydrogen-bond acceptors (Lipinski definition) is 2. The topological polar surface area (TPSA) is 38.0 Å². The lowest BCUT2D eigenvalue weighted by atomic mass is 10.1. The van der Waals surface area contributed by atoms with E-state index in [4.69, 9.17) is 5.73 Å². The first kappa shape index (κ1) is 10.5. The SMILES string of the molecule is Nc1cc(Br)ccc1NC(C1CC1)C1CC1. The molecular formula is C13H17BrN2. The highest BCUT2D eigenvalue weighted by molar-refractivity contribution is 9.10. The van der Waals surface area contributed by atoms with Crippen molar-refractivity contribution < 1.29 is 0 Å². The standard InChI is InChI=1S/C13H17BrN2/c14-10-5-6-12(11(15)7-10)16-13(8-1-2-8)9-3-4-9/h5-9,13,16H,1-4,15H2. The maximum absolute atomic E-state index is 6.02. The van der Waals surface area contributed by atoms with Crippen LogP contribution >= 0.6 is 15.9 Å². The van der Waals surface area contributed by atoms with Crippen molar-refractivity contribution in [2.24, 2.45) is 11.8 Å². The summed E-state index contributed by atoms with van der Waals surface area (Å²) in [4.78, 5) is 0. The Hall–Kier alpha value is -0.700. The summed E-state index contributed by atoms with van der Waals surface area (Å²) in [6.45, 7) is 0. The zero-order valence-electron chi connectivity index (χ0n) is 9.25. The second-order valence-corrected chi connectivity index (χ2v) is 5.99. The van der Waals surface area contributed by atoms with Crippen molar-refractivity contribution in [2.45, 2.75) is 31.7 Å². The summed E-state index contributed by atoms with van der Waals surface area (Å²) < 4.78 is 1.05. The minimum Gasteiger partial charge on any atom is -0.397 e. The van der Waals surface area contributed by atoms with Crippen LogP contribution in [0.3, 0.4) is 0 Å². The van der Waals surface area contributed by atoms with E-state index in [1.165, 1.54) is 25.7 Å². The predicted molar refractivity (Wildman–Crippen MR) is 71.4 cm³/mol. The van der Waals surface area contributed by atoms with E-state index in [1.54, 1.807) is 0 Å². The van der Waals surface area contributed by atoms with Gasteiger partial charge in [0.25, 0.3) is 0 Å². The summed E-state index contributed by atoms with van der Waals surface area (Å²) in [5.74, 6) is 1.80. The molecule has 0 saturated heterocycles. The number of nitrogen functional groups attached to an aromatic ring is 1. The van der Waals surface area contributed by atoms with Gasteiger partial charge in [0.1, 0.15) is 0 Å². The molecule has 0 unspecified atom stereocenters. The van der Waals surface area contributed by atoms with Crippen molar-refractivity contribution in [1.29, 1.82) is 0 Å². The number of anilines is 2. The molecule has 0 spiro atoms. The molecule has 0 bridgehead atoms. The molecule has 2 saturated carbocycles. The van der Waals surface area contributed by atoms with E-state index in [1.807, 2.05) is 6.07 Å². The van der Waals surface area contributed by atoms with Crippen LogP contribution in [0.2, 0.25) is 0 Å². The number of hydrogen-bond donors (Lipinski definition) is 2. The van der Waals surface area contributed by atoms with Crippen molar-refractivity contribution in [3.8, 4) is 0 Å². The first-order valence-electron chi connectivity index (χ1n) is 6.05. The summed E-state index contributed by atoms with van der Waals surface area (Å²) >= 11 is 3.44. The fourth-order valence-electron chi connectivity index (χ4n) is 2.38. The Morgan fingerprint density at radius 1 is 1.19 bits per heavy atom. The largest absolute Gasteiger partial charge is 0.397 e. The van der Waals surface area contributed by atoms with Gasteiger partial charge in [-0.05, 0) is 55.7 Å². The maximum Gasteiger partial charge on any atom is 0.0577 e. The van der Waals surface area contributed by atoms with Crippen molar-refractivity contribution in [3.63, 3.8) is 0 Å². The van der Waals surface area contributed by atoms with Gasteiger partial charge in [-0.15, -0.1) is 0 Å². The van der Waals surface area contributed by atoms with Crippen molar-refractivity contribution in [2.75, 3.05) is 11.1 Å². The molecule has 0 radical (unpaired) electrons. The first-order chi connectivity index (χ1) is 7.74. The van der Waals surface area contributed by atoms with E-state index in [-0.39, 0.29) is 0 Å². The number of halogens is 1. The zero-order chi connectivity index (χ0) is 11.1. The maximum atomic E-state index is 6.02. The lowest BCUT2D eigenvalue weighted by molar-refractivity contribution is 0.568. The summed E-state index contributed by atoms with van der Waals surface area (Å²) in [5.41, 5.74) is 7.97. The van der Waals surface area contributed by atoms with Gasteiger partial charge in [0.2, 0.25) is 0 Å². The monoisotopic (exact) mass is 280 g/mol. The average Bonchev–Trinajstić information content (AvgIpc) is 3.11. The minimum atomic E-state index is 0.670. The van der Waals surface area contributed by atoms with Crippen LogP contribution in [-0.4, -0.2) is 6.04 Å². The van der Waals surface area contributed by atoms with Crippen molar-refractivity contribution >= 4 is 27.3 Å². The Morgan fingerprint density at radius 2 is 1.81 bits per heavy atom. The molecule has 0 aliphatic heterocycles. The summed E-state index contributed by atoms with van der Waals surface area (Å²) in [7, 11) is 0. The lowest BCUT2D eigenvalue weighted by Gasteiger charge is -2.20. The quantitative estimate of drug-likeness (QED) is 0.827. The number of nitrogens with one attached hydrogen (secondary N) is 1. The lowest BCUT2D eigenvalue weighted by Crippen LogP contribution is -2.24. The Morgan fingerprint density at radius 3 is 2.31 bits per heavy atom. The second-order valence-electron chi connectivity index (χ2n) is 5.08. The Balaban J connectivity index is 1.76. The minimum absolute atomic E-state index is 0.670. The van der Waals surface area contributed by atoms with E-state index < -0.39 is 0 Å². The third-order valence-corrected chi connectivity index (χ3v) is 4.09. The molecule has 0 heterocycles. The summed E-state index contributed by atoms with van der Waals surface area (Å²) in [5, 5.41) is 3.65. The molecule has 2 aliphatic carbocycles. The molecule has 1 aromatic carbocycles. The van der Waals surface area contributed by atoms with Gasteiger partial charge < -0.3 is 11.1 Å². The van der Waals surface area contributed by atoms with Crippen LogP contribution in [0, 0.1) is 11.8 Å². The highest BCUT2D eigenvalue weighted by Gasteiger charge is 2.41. The molecule has 86 valence electrons. The predicted octanol–water partition coefficient (Wildman–Crippen LogP) is 3.63. The van der Waals surface area contributed by atoms with Gasteiger partial charge in [-0.25, -0.2) is 0 Å². The van der Waals surface area contributed by atoms with E-state index in [0.717, 1.165) is 27.7 Å². The number of rotatable bonds is 4. The first-order valence-corrected chi connectivity index (χ1v) is 6.85. The molecule has 16 heavy (non-hydrogen) atoms. The Labute approximate surface area is 105 Å². The molecule has 3 rings (SSSR count). The molecular weight excluding hydrogens is 264 g/mol. The van der Waals surface area contributed by atoms with Crippen LogP contribution < -0.4 is 11.1 Å². The highest BCUT2D eigenvalue weighted by atomic mass is 79.9. The Kier molecular flexibility index (Phi) is 2.58. The third kappa shape index (κ3) is 2.19. The fourth-order valence-corrected chi connectivity index (χ4v) is 2.75. The molecule has 2 fully saturated rings. The van der Waals surface area contributed by atoms with E-state index in [2.05, 4.69) is 33.4 Å². The molecule has 0 atom stereocenters. The van der Waals surface area contributed by atoms with E-state index in [0.29, 0.717) is 6.04 Å². The molecule has 2 aliphatic rings. The van der Waals surface area contributed by atoms with Crippen LogP contribution in [0.15, 0.2) is 22.7 Å². The Bertz CT molecular complexity index is 385. The molecule has 3 N–H and O–H groups in total. The van der Waals surface area contributed by atoms with Gasteiger partial charge in [-0.2, -0.15) is 0 Å². The molecule has 0 amide bonds. The number of benzene rings is 1. The smallest absolute Gasteiger partial charge is 0.0577 e. The van der Waals surface area contributed by atoms with Gasteiger partial charge in [0, 0.05) is 10.5 Å². The van der Waals surface area contributed by atoms with Crippen LogP contribution in [0.25, 0.3) is 0 Å². The fraction of sp³-hybridized carbons (Fsp3) is 0.538. The average molecular weight is 281 g/mol. The van der Waals surface area contributed by atoms with Gasteiger partial charge in [-0.3, -0.25) is 0 Å². The van der Waals surface area contributed by atoms with Crippen LogP contribution in [-0.2, 0) is 0 Å². The van der Waals surface area contributed by atoms with E-state index >= 15 is 0 Å². The van der Waals surface area contributed by atoms with E-state index in [9.17, 15) is 0 Å². The van der Waals surface area contributed by atoms with Gasteiger partial charge in [-0.1, -0.05) is 15.9 Å². The van der Waals surface area contributed by atoms with Crippen LogP contribution in [0.5, 0.6) is 0 Å². The second kappa shape index (κ2) is 3.95. The van der Waals surface area contributed by atoms with Gasteiger partial charge in [0.05, 0.1) is 11.4 Å². The molecule has 2 nitrogen and oxygen atoms in total. The normalized spacial score (nSPS) is 20.1. The summed E-state index contributed by atoms with van der Waals surface area (Å²) in [6.07, 6.45) is 5.57. The number of nitrogens with two attached hydrogens (primary N) is 1. The zero-order valence-corrected chi connectivity index (χ0v) is 10.8. The molecule has 1 aromatic rings.